The Morgan fingerprint density at radius 2 is 1.82 bits per heavy atom. The Balaban J connectivity index is 1.18. The highest BCUT2D eigenvalue weighted by atomic mass is 16.5. The van der Waals surface area contributed by atoms with Crippen LogP contribution in [0.15, 0.2) is 55.0 Å². The molecule has 0 spiro atoms. The van der Waals surface area contributed by atoms with Gasteiger partial charge in [0.2, 0.25) is 5.91 Å². The van der Waals surface area contributed by atoms with Crippen molar-refractivity contribution in [2.45, 2.75) is 32.3 Å². The molecule has 0 saturated carbocycles. The number of nitrogens with one attached hydrogen (secondary N) is 1. The van der Waals surface area contributed by atoms with Crippen molar-refractivity contribution in [3.05, 3.63) is 60.6 Å². The summed E-state index contributed by atoms with van der Waals surface area (Å²) in [4.78, 5) is 41.4. The third-order valence-corrected chi connectivity index (χ3v) is 6.90. The first-order chi connectivity index (χ1) is 19.0. The second kappa shape index (κ2) is 12.0. The van der Waals surface area contributed by atoms with E-state index in [1.165, 1.54) is 12.3 Å². The molecule has 4 heterocycles. The van der Waals surface area contributed by atoms with Crippen LogP contribution in [0.2, 0.25) is 0 Å². The lowest BCUT2D eigenvalue weighted by atomic mass is 10.1. The van der Waals surface area contributed by atoms with Gasteiger partial charge in [0.1, 0.15) is 17.7 Å². The van der Waals surface area contributed by atoms with Gasteiger partial charge in [0.05, 0.1) is 37.0 Å². The number of aromatic nitrogens is 3. The summed E-state index contributed by atoms with van der Waals surface area (Å²) in [6, 6.07) is 10.9. The number of carbonyl (C=O) groups excluding carboxylic acids is 1. The summed E-state index contributed by atoms with van der Waals surface area (Å²) in [5.74, 6) is 1.84. The maximum absolute atomic E-state index is 13.0. The molecule has 2 saturated heterocycles. The molecule has 2 N–H and O–H groups in total. The lowest BCUT2D eigenvalue weighted by Crippen LogP contribution is -2.41. The summed E-state index contributed by atoms with van der Waals surface area (Å²) < 4.78 is 12.0. The number of carboxylic acid groups (broad SMARTS) is 1. The maximum atomic E-state index is 13.0. The van der Waals surface area contributed by atoms with Crippen LogP contribution >= 0.6 is 0 Å². The fourth-order valence-corrected chi connectivity index (χ4v) is 4.92. The number of carbonyl (C=O) groups is 2. The summed E-state index contributed by atoms with van der Waals surface area (Å²) in [6.45, 7) is 5.14. The number of pyridine rings is 1. The van der Waals surface area contributed by atoms with Crippen LogP contribution in [0.3, 0.4) is 0 Å². The zero-order valence-corrected chi connectivity index (χ0v) is 21.8. The van der Waals surface area contributed by atoms with Crippen LogP contribution in [0, 0.1) is 5.92 Å². The SMILES string of the molecule is CCOc1ccccc1O[C@@H]1CCCN(c2cncc(NC(=O)C3CCN(c4ccc(C(=O)O)cn4)C3)n2)C1. The lowest BCUT2D eigenvalue weighted by molar-refractivity contribution is -0.119. The molecule has 204 valence electrons. The van der Waals surface area contributed by atoms with Gasteiger partial charge in [0.15, 0.2) is 17.3 Å². The van der Waals surface area contributed by atoms with Crippen molar-refractivity contribution in [2.75, 3.05) is 47.9 Å². The molecule has 1 unspecified atom stereocenters. The minimum absolute atomic E-state index is 0.0250. The molecule has 2 aromatic heterocycles. The summed E-state index contributed by atoms with van der Waals surface area (Å²) in [6.07, 6.45) is 7.09. The molecule has 2 atom stereocenters. The number of anilines is 3. The monoisotopic (exact) mass is 532 g/mol. The van der Waals surface area contributed by atoms with Gasteiger partial charge in [-0.05, 0) is 50.5 Å². The van der Waals surface area contributed by atoms with E-state index in [9.17, 15) is 9.59 Å². The Labute approximate surface area is 226 Å². The number of carboxylic acids is 1. The number of aromatic carboxylic acids is 1. The molecule has 3 aromatic rings. The van der Waals surface area contributed by atoms with E-state index >= 15 is 0 Å². The standard InChI is InChI=1S/C28H32N6O5/c1-2-38-22-7-3-4-8-23(22)39-21-6-5-12-33(18-21)26-16-29-15-24(31-26)32-27(35)20-11-13-34(17-20)25-10-9-19(14-30-25)28(36)37/h3-4,7-10,14-16,20-21H,2,5-6,11-13,17-18H2,1H3,(H,36,37)(H,31,32,35)/t20?,21-/m1/s1. The van der Waals surface area contributed by atoms with Crippen molar-refractivity contribution < 1.29 is 24.2 Å². The minimum Gasteiger partial charge on any atom is -0.490 e. The highest BCUT2D eigenvalue weighted by molar-refractivity contribution is 5.92. The van der Waals surface area contributed by atoms with Gasteiger partial charge in [-0.25, -0.2) is 14.8 Å². The fraction of sp³-hybridized carbons (Fsp3) is 0.393. The normalized spacial score (nSPS) is 19.0. The molecule has 1 amide bonds. The van der Waals surface area contributed by atoms with Crippen molar-refractivity contribution in [2.24, 2.45) is 5.92 Å². The molecule has 11 nitrogen and oxygen atoms in total. The molecule has 0 bridgehead atoms. The summed E-state index contributed by atoms with van der Waals surface area (Å²) >= 11 is 0. The Morgan fingerprint density at radius 3 is 2.59 bits per heavy atom. The number of ether oxygens (including phenoxy) is 2. The zero-order chi connectivity index (χ0) is 27.2. The van der Waals surface area contributed by atoms with Crippen LogP contribution in [0.25, 0.3) is 0 Å². The van der Waals surface area contributed by atoms with Gasteiger partial charge in [0, 0.05) is 25.8 Å². The molecule has 2 aliphatic heterocycles. The van der Waals surface area contributed by atoms with Crippen LogP contribution in [0.5, 0.6) is 11.5 Å². The van der Waals surface area contributed by atoms with E-state index in [1.807, 2.05) is 36.1 Å². The molecule has 11 heteroatoms. The van der Waals surface area contributed by atoms with Gasteiger partial charge in [-0.15, -0.1) is 0 Å². The molecule has 5 rings (SSSR count). The third kappa shape index (κ3) is 6.36. The van der Waals surface area contributed by atoms with Gasteiger partial charge in [0.25, 0.3) is 0 Å². The van der Waals surface area contributed by atoms with Crippen LogP contribution in [-0.2, 0) is 4.79 Å². The van der Waals surface area contributed by atoms with Crippen molar-refractivity contribution in [3.8, 4) is 11.5 Å². The number of piperidine rings is 1. The van der Waals surface area contributed by atoms with Crippen molar-refractivity contribution in [3.63, 3.8) is 0 Å². The van der Waals surface area contributed by atoms with Crippen LogP contribution in [-0.4, -0.2) is 70.8 Å². The lowest BCUT2D eigenvalue weighted by Gasteiger charge is -2.33. The van der Waals surface area contributed by atoms with Crippen LogP contribution < -0.4 is 24.6 Å². The number of hydrogen-bond donors (Lipinski definition) is 2. The van der Waals surface area contributed by atoms with Crippen LogP contribution in [0.1, 0.15) is 36.5 Å². The molecule has 2 aliphatic rings. The quantitative estimate of drug-likeness (QED) is 0.422. The Bertz CT molecular complexity index is 1300. The predicted octanol–water partition coefficient (Wildman–Crippen LogP) is 3.48. The number of rotatable bonds is 9. The summed E-state index contributed by atoms with van der Waals surface area (Å²) in [7, 11) is 0. The highest BCUT2D eigenvalue weighted by Gasteiger charge is 2.30. The molecule has 0 radical (unpaired) electrons. The first-order valence-corrected chi connectivity index (χ1v) is 13.2. The van der Waals surface area contributed by atoms with Crippen molar-refractivity contribution in [1.82, 2.24) is 15.0 Å². The molecule has 1 aromatic carbocycles. The topological polar surface area (TPSA) is 130 Å². The van der Waals surface area contributed by atoms with E-state index in [4.69, 9.17) is 14.6 Å². The van der Waals surface area contributed by atoms with Gasteiger partial charge in [-0.1, -0.05) is 12.1 Å². The van der Waals surface area contributed by atoms with Crippen LogP contribution in [0.4, 0.5) is 17.5 Å². The van der Waals surface area contributed by atoms with Gasteiger partial charge in [-0.3, -0.25) is 9.78 Å². The fourth-order valence-electron chi connectivity index (χ4n) is 4.92. The zero-order valence-electron chi connectivity index (χ0n) is 21.8. The third-order valence-electron chi connectivity index (χ3n) is 6.90. The Kier molecular flexibility index (Phi) is 8.04. The van der Waals surface area contributed by atoms with Gasteiger partial charge < -0.3 is 29.7 Å². The first kappa shape index (κ1) is 26.2. The van der Waals surface area contributed by atoms with Gasteiger partial charge >= 0.3 is 5.97 Å². The van der Waals surface area contributed by atoms with E-state index < -0.39 is 5.97 Å². The smallest absolute Gasteiger partial charge is 0.337 e. The average Bonchev–Trinajstić information content (AvgIpc) is 3.45. The Hall–Kier alpha value is -4.41. The Morgan fingerprint density at radius 1 is 1.00 bits per heavy atom. The van der Waals surface area contributed by atoms with E-state index in [1.54, 1.807) is 18.5 Å². The maximum Gasteiger partial charge on any atom is 0.337 e. The minimum atomic E-state index is -1.02. The van der Waals surface area contributed by atoms with Crippen molar-refractivity contribution >= 4 is 29.3 Å². The van der Waals surface area contributed by atoms with E-state index in [2.05, 4.69) is 25.2 Å². The number of benzene rings is 1. The first-order valence-electron chi connectivity index (χ1n) is 13.2. The second-order valence-electron chi connectivity index (χ2n) is 9.60. The van der Waals surface area contributed by atoms with Gasteiger partial charge in [-0.2, -0.15) is 0 Å². The van der Waals surface area contributed by atoms with E-state index in [0.29, 0.717) is 50.1 Å². The molecular formula is C28H32N6O5. The summed E-state index contributed by atoms with van der Waals surface area (Å²) in [5.41, 5.74) is 0.132. The number of hydrogen-bond acceptors (Lipinski definition) is 9. The van der Waals surface area contributed by atoms with E-state index in [0.717, 1.165) is 30.9 Å². The largest absolute Gasteiger partial charge is 0.490 e. The number of para-hydroxylation sites is 2. The number of nitrogens with zero attached hydrogens (tertiary/aromatic N) is 5. The molecular weight excluding hydrogens is 500 g/mol. The van der Waals surface area contributed by atoms with Crippen molar-refractivity contribution in [1.29, 1.82) is 0 Å². The van der Waals surface area contributed by atoms with E-state index in [-0.39, 0.29) is 23.5 Å². The molecule has 2 fully saturated rings. The summed E-state index contributed by atoms with van der Waals surface area (Å²) in [5, 5.41) is 12.0. The number of amides is 1. The second-order valence-corrected chi connectivity index (χ2v) is 9.60. The molecule has 39 heavy (non-hydrogen) atoms. The molecule has 0 aliphatic carbocycles. The predicted molar refractivity (Wildman–Crippen MR) is 146 cm³/mol. The highest BCUT2D eigenvalue weighted by Crippen LogP contribution is 2.30. The average molecular weight is 533 g/mol.